The summed E-state index contributed by atoms with van der Waals surface area (Å²) in [6.45, 7) is 1.33. The van der Waals surface area contributed by atoms with Gasteiger partial charge in [-0.1, -0.05) is 23.7 Å². The number of imidazole rings is 1. The van der Waals surface area contributed by atoms with E-state index in [0.717, 1.165) is 24.4 Å². The molecule has 0 fully saturated rings. The van der Waals surface area contributed by atoms with Crippen LogP contribution in [0.25, 0.3) is 0 Å². The molecule has 18 heavy (non-hydrogen) atoms. The number of aromatic nitrogens is 2. The molecule has 0 saturated heterocycles. The quantitative estimate of drug-likeness (QED) is 0.844. The van der Waals surface area contributed by atoms with E-state index in [1.54, 1.807) is 12.3 Å². The first-order chi connectivity index (χ1) is 8.68. The molecule has 1 aromatic carbocycles. The van der Waals surface area contributed by atoms with Gasteiger partial charge in [-0.05, 0) is 11.6 Å². The van der Waals surface area contributed by atoms with Gasteiger partial charge in [0.25, 0.3) is 0 Å². The van der Waals surface area contributed by atoms with Crippen LogP contribution in [-0.2, 0) is 20.0 Å². The van der Waals surface area contributed by atoms with Crippen LogP contribution in [0.3, 0.4) is 0 Å². The second-order valence-electron chi connectivity index (χ2n) is 4.09. The van der Waals surface area contributed by atoms with Gasteiger partial charge in [0.2, 0.25) is 0 Å². The molecule has 0 radical (unpaired) electrons. The third kappa shape index (κ3) is 3.09. The summed E-state index contributed by atoms with van der Waals surface area (Å²) in [6, 6.07) is 4.84. The highest BCUT2D eigenvalue weighted by molar-refractivity contribution is 6.31. The van der Waals surface area contributed by atoms with Crippen molar-refractivity contribution in [3.63, 3.8) is 0 Å². The maximum Gasteiger partial charge on any atom is 0.142 e. The predicted octanol–water partition coefficient (Wildman–Crippen LogP) is 2.54. The van der Waals surface area contributed by atoms with Gasteiger partial charge in [0.15, 0.2) is 0 Å². The Kier molecular flexibility index (Phi) is 4.33. The third-order valence-electron chi connectivity index (χ3n) is 2.79. The molecule has 1 aromatic heterocycles. The van der Waals surface area contributed by atoms with Crippen LogP contribution in [0.2, 0.25) is 5.02 Å². The molecule has 0 spiro atoms. The molecule has 96 valence electrons. The molecule has 2 aromatic rings. The number of benzene rings is 1. The normalized spacial score (nSPS) is 10.8. The van der Waals surface area contributed by atoms with E-state index < -0.39 is 0 Å². The second kappa shape index (κ2) is 5.98. The SMILES string of the molecule is Cn1ccnc1CCNCc1cccc(F)c1Cl. The topological polar surface area (TPSA) is 29.9 Å². The van der Waals surface area contributed by atoms with Crippen LogP contribution in [0.5, 0.6) is 0 Å². The standard InChI is InChI=1S/C13H15ClFN3/c1-18-8-7-17-12(18)5-6-16-9-10-3-2-4-11(15)13(10)14/h2-4,7-8,16H,5-6,9H2,1H3. The molecular weight excluding hydrogens is 253 g/mol. The van der Waals surface area contributed by atoms with Crippen molar-refractivity contribution in [3.8, 4) is 0 Å². The van der Waals surface area contributed by atoms with Gasteiger partial charge < -0.3 is 9.88 Å². The fourth-order valence-electron chi connectivity index (χ4n) is 1.75. The Morgan fingerprint density at radius 1 is 1.44 bits per heavy atom. The summed E-state index contributed by atoms with van der Waals surface area (Å²) < 4.78 is 15.2. The van der Waals surface area contributed by atoms with Gasteiger partial charge in [0.05, 0.1) is 5.02 Å². The van der Waals surface area contributed by atoms with E-state index in [1.807, 2.05) is 23.9 Å². The summed E-state index contributed by atoms with van der Waals surface area (Å²) in [5, 5.41) is 3.43. The van der Waals surface area contributed by atoms with Crippen molar-refractivity contribution in [2.24, 2.45) is 7.05 Å². The van der Waals surface area contributed by atoms with Crippen LogP contribution in [0.1, 0.15) is 11.4 Å². The minimum absolute atomic E-state index is 0.196. The zero-order chi connectivity index (χ0) is 13.0. The van der Waals surface area contributed by atoms with Crippen LogP contribution >= 0.6 is 11.6 Å². The van der Waals surface area contributed by atoms with E-state index in [4.69, 9.17) is 11.6 Å². The molecule has 0 bridgehead atoms. The number of hydrogen-bond acceptors (Lipinski definition) is 2. The predicted molar refractivity (Wildman–Crippen MR) is 70.0 cm³/mol. The number of halogens is 2. The number of nitrogens with one attached hydrogen (secondary N) is 1. The summed E-state index contributed by atoms with van der Waals surface area (Å²) in [7, 11) is 1.96. The van der Waals surface area contributed by atoms with Crippen molar-refractivity contribution in [2.45, 2.75) is 13.0 Å². The minimum atomic E-state index is -0.375. The molecule has 2 rings (SSSR count). The first kappa shape index (κ1) is 13.1. The molecule has 0 aliphatic carbocycles. The highest BCUT2D eigenvalue weighted by atomic mass is 35.5. The first-order valence-corrected chi connectivity index (χ1v) is 6.16. The van der Waals surface area contributed by atoms with Gasteiger partial charge >= 0.3 is 0 Å². The molecule has 1 N–H and O–H groups in total. The van der Waals surface area contributed by atoms with Crippen LogP contribution in [-0.4, -0.2) is 16.1 Å². The largest absolute Gasteiger partial charge is 0.338 e. The van der Waals surface area contributed by atoms with Crippen molar-refractivity contribution < 1.29 is 4.39 Å². The fourth-order valence-corrected chi connectivity index (χ4v) is 1.94. The summed E-state index contributed by atoms with van der Waals surface area (Å²) in [4.78, 5) is 4.23. The lowest BCUT2D eigenvalue weighted by atomic mass is 10.2. The lowest BCUT2D eigenvalue weighted by Crippen LogP contribution is -2.18. The van der Waals surface area contributed by atoms with Crippen LogP contribution < -0.4 is 5.32 Å². The summed E-state index contributed by atoms with van der Waals surface area (Å²) in [5.41, 5.74) is 0.775. The molecular formula is C13H15ClFN3. The van der Waals surface area contributed by atoms with Gasteiger partial charge in [-0.3, -0.25) is 0 Å². The zero-order valence-corrected chi connectivity index (χ0v) is 10.9. The monoisotopic (exact) mass is 267 g/mol. The lowest BCUT2D eigenvalue weighted by molar-refractivity contribution is 0.618. The molecule has 0 aliphatic heterocycles. The Labute approximate surface area is 111 Å². The van der Waals surface area contributed by atoms with Crippen molar-refractivity contribution >= 4 is 11.6 Å². The molecule has 0 unspecified atom stereocenters. The molecule has 0 aliphatic rings. The Balaban J connectivity index is 1.82. The summed E-state index contributed by atoms with van der Waals surface area (Å²) in [5.74, 6) is 0.646. The average molecular weight is 268 g/mol. The van der Waals surface area contributed by atoms with Gasteiger partial charge in [0, 0.05) is 39.0 Å². The second-order valence-corrected chi connectivity index (χ2v) is 4.47. The van der Waals surface area contributed by atoms with Crippen molar-refractivity contribution in [3.05, 3.63) is 52.8 Å². The summed E-state index contributed by atoms with van der Waals surface area (Å²) >= 11 is 5.87. The van der Waals surface area contributed by atoms with E-state index in [0.29, 0.717) is 6.54 Å². The summed E-state index contributed by atoms with van der Waals surface area (Å²) in [6.07, 6.45) is 4.52. The average Bonchev–Trinajstić information content (AvgIpc) is 2.76. The van der Waals surface area contributed by atoms with Gasteiger partial charge in [-0.15, -0.1) is 0 Å². The number of hydrogen-bond donors (Lipinski definition) is 1. The van der Waals surface area contributed by atoms with E-state index in [-0.39, 0.29) is 10.8 Å². The Morgan fingerprint density at radius 3 is 3.00 bits per heavy atom. The van der Waals surface area contributed by atoms with E-state index >= 15 is 0 Å². The highest BCUT2D eigenvalue weighted by Crippen LogP contribution is 2.19. The first-order valence-electron chi connectivity index (χ1n) is 5.78. The van der Waals surface area contributed by atoms with Crippen LogP contribution in [0.4, 0.5) is 4.39 Å². The maximum absolute atomic E-state index is 13.2. The van der Waals surface area contributed by atoms with Crippen LogP contribution in [0, 0.1) is 5.82 Å². The number of aryl methyl sites for hydroxylation is 1. The van der Waals surface area contributed by atoms with E-state index in [1.165, 1.54) is 6.07 Å². The van der Waals surface area contributed by atoms with Gasteiger partial charge in [0.1, 0.15) is 11.6 Å². The van der Waals surface area contributed by atoms with Gasteiger partial charge in [-0.25, -0.2) is 9.37 Å². The molecule has 5 heteroatoms. The molecule has 0 saturated carbocycles. The Hall–Kier alpha value is -1.39. The Bertz CT molecular complexity index is 525. The zero-order valence-electron chi connectivity index (χ0n) is 10.2. The van der Waals surface area contributed by atoms with Crippen LogP contribution in [0.15, 0.2) is 30.6 Å². The number of nitrogens with zero attached hydrogens (tertiary/aromatic N) is 2. The maximum atomic E-state index is 13.2. The molecule has 0 amide bonds. The van der Waals surface area contributed by atoms with Gasteiger partial charge in [-0.2, -0.15) is 0 Å². The fraction of sp³-hybridized carbons (Fsp3) is 0.308. The molecule has 0 atom stereocenters. The highest BCUT2D eigenvalue weighted by Gasteiger charge is 2.05. The minimum Gasteiger partial charge on any atom is -0.338 e. The molecule has 3 nitrogen and oxygen atoms in total. The van der Waals surface area contributed by atoms with E-state index in [9.17, 15) is 4.39 Å². The molecule has 1 heterocycles. The Morgan fingerprint density at radius 2 is 2.28 bits per heavy atom. The number of rotatable bonds is 5. The van der Waals surface area contributed by atoms with Crippen molar-refractivity contribution in [1.82, 2.24) is 14.9 Å². The smallest absolute Gasteiger partial charge is 0.142 e. The lowest BCUT2D eigenvalue weighted by Gasteiger charge is -2.07. The van der Waals surface area contributed by atoms with E-state index in [2.05, 4.69) is 10.3 Å². The third-order valence-corrected chi connectivity index (χ3v) is 3.22. The van der Waals surface area contributed by atoms with Crippen molar-refractivity contribution in [1.29, 1.82) is 0 Å². The van der Waals surface area contributed by atoms with Crippen molar-refractivity contribution in [2.75, 3.05) is 6.54 Å².